The Kier molecular flexibility index (Phi) is 5.44. The molecule has 0 saturated heterocycles. The Balaban J connectivity index is 1.99. The van der Waals surface area contributed by atoms with E-state index in [4.69, 9.17) is 9.84 Å². The van der Waals surface area contributed by atoms with Gasteiger partial charge in [-0.15, -0.1) is 5.10 Å². The lowest BCUT2D eigenvalue weighted by molar-refractivity contribution is 0.0965. The van der Waals surface area contributed by atoms with Crippen LogP contribution in [0.2, 0.25) is 0 Å². The third-order valence-corrected chi connectivity index (χ3v) is 3.36. The Morgan fingerprint density at radius 2 is 2.10 bits per heavy atom. The topological polar surface area (TPSA) is 72.2 Å². The van der Waals surface area contributed by atoms with Gasteiger partial charge in [-0.05, 0) is 25.5 Å². The van der Waals surface area contributed by atoms with E-state index in [-0.39, 0.29) is 12.1 Å². The zero-order valence-corrected chi connectivity index (χ0v) is 12.5. The second-order valence-corrected chi connectivity index (χ2v) is 5.26. The maximum atomic E-state index is 9.15. The van der Waals surface area contributed by atoms with Crippen molar-refractivity contribution < 1.29 is 9.84 Å². The van der Waals surface area contributed by atoms with Crippen LogP contribution in [0.15, 0.2) is 36.7 Å². The Morgan fingerprint density at radius 3 is 2.76 bits per heavy atom. The van der Waals surface area contributed by atoms with Gasteiger partial charge >= 0.3 is 0 Å². The number of hydrogen-bond donors (Lipinski definition) is 2. The largest absolute Gasteiger partial charge is 0.396 e. The number of hydrogen-bond acceptors (Lipinski definition) is 5. The summed E-state index contributed by atoms with van der Waals surface area (Å²) in [7, 11) is 1.65. The first-order chi connectivity index (χ1) is 10.2. The van der Waals surface area contributed by atoms with Crippen LogP contribution in [0.5, 0.6) is 0 Å². The first kappa shape index (κ1) is 15.6. The summed E-state index contributed by atoms with van der Waals surface area (Å²) in [5.74, 6) is 0.708. The van der Waals surface area contributed by atoms with Crippen LogP contribution < -0.4 is 5.32 Å². The number of rotatable bonds is 8. The van der Waals surface area contributed by atoms with Crippen LogP contribution in [-0.2, 0) is 11.3 Å². The van der Waals surface area contributed by atoms with Crippen molar-refractivity contribution in [2.45, 2.75) is 25.4 Å². The lowest BCUT2D eigenvalue weighted by atomic mass is 9.99. The monoisotopic (exact) mass is 290 g/mol. The van der Waals surface area contributed by atoms with Crippen LogP contribution in [0.4, 0.5) is 0 Å². The summed E-state index contributed by atoms with van der Waals surface area (Å²) in [6, 6.07) is 9.85. The van der Waals surface area contributed by atoms with Crippen molar-refractivity contribution in [1.82, 2.24) is 20.1 Å². The fourth-order valence-electron chi connectivity index (χ4n) is 2.15. The van der Waals surface area contributed by atoms with Crippen molar-refractivity contribution in [3.05, 3.63) is 42.5 Å². The SMILES string of the molecule is COCC(C)(CCO)NCc1ncn(-c2ccccc2)n1. The third kappa shape index (κ3) is 4.35. The number of nitrogens with one attached hydrogen (secondary N) is 1. The number of methoxy groups -OCH3 is 1. The Bertz CT molecular complexity index is 536. The summed E-state index contributed by atoms with van der Waals surface area (Å²) in [5.41, 5.74) is 0.688. The number of para-hydroxylation sites is 1. The first-order valence-corrected chi connectivity index (χ1v) is 6.98. The Morgan fingerprint density at radius 1 is 1.33 bits per heavy atom. The molecule has 2 aromatic rings. The molecule has 21 heavy (non-hydrogen) atoms. The fourth-order valence-corrected chi connectivity index (χ4v) is 2.15. The number of aliphatic hydroxyl groups excluding tert-OH is 1. The van der Waals surface area contributed by atoms with Crippen molar-refractivity contribution >= 4 is 0 Å². The summed E-state index contributed by atoms with van der Waals surface area (Å²) in [5, 5.41) is 16.9. The number of benzene rings is 1. The first-order valence-electron chi connectivity index (χ1n) is 6.98. The van der Waals surface area contributed by atoms with Gasteiger partial charge < -0.3 is 15.2 Å². The van der Waals surface area contributed by atoms with E-state index >= 15 is 0 Å². The normalized spacial score (nSPS) is 14.0. The maximum Gasteiger partial charge on any atom is 0.164 e. The molecule has 1 unspecified atom stereocenters. The third-order valence-electron chi connectivity index (χ3n) is 3.36. The number of ether oxygens (including phenoxy) is 1. The molecule has 2 N–H and O–H groups in total. The Hall–Kier alpha value is -1.76. The van der Waals surface area contributed by atoms with Gasteiger partial charge in [-0.1, -0.05) is 18.2 Å². The minimum Gasteiger partial charge on any atom is -0.396 e. The molecule has 114 valence electrons. The van der Waals surface area contributed by atoms with Crippen LogP contribution in [0.3, 0.4) is 0 Å². The summed E-state index contributed by atoms with van der Waals surface area (Å²) in [6.07, 6.45) is 2.31. The van der Waals surface area contributed by atoms with Gasteiger partial charge in [0.25, 0.3) is 0 Å². The second-order valence-electron chi connectivity index (χ2n) is 5.26. The average Bonchev–Trinajstić information content (AvgIpc) is 2.96. The highest BCUT2D eigenvalue weighted by atomic mass is 16.5. The molecule has 2 rings (SSSR count). The predicted molar refractivity (Wildman–Crippen MR) is 80.2 cm³/mol. The molecule has 1 aromatic heterocycles. The highest BCUT2D eigenvalue weighted by molar-refractivity contribution is 5.29. The smallest absolute Gasteiger partial charge is 0.164 e. The van der Waals surface area contributed by atoms with Gasteiger partial charge in [0.2, 0.25) is 0 Å². The minimum absolute atomic E-state index is 0.110. The average molecular weight is 290 g/mol. The maximum absolute atomic E-state index is 9.15. The minimum atomic E-state index is -0.290. The molecule has 0 bridgehead atoms. The zero-order valence-electron chi connectivity index (χ0n) is 12.5. The van der Waals surface area contributed by atoms with Gasteiger partial charge in [0.15, 0.2) is 5.82 Å². The molecule has 0 aliphatic heterocycles. The van der Waals surface area contributed by atoms with E-state index in [0.29, 0.717) is 25.4 Å². The molecule has 1 atom stereocenters. The van der Waals surface area contributed by atoms with Crippen LogP contribution in [0.25, 0.3) is 5.69 Å². The van der Waals surface area contributed by atoms with Crippen LogP contribution >= 0.6 is 0 Å². The van der Waals surface area contributed by atoms with Crippen molar-refractivity contribution in [3.8, 4) is 5.69 Å². The van der Waals surface area contributed by atoms with Crippen molar-refractivity contribution in [2.24, 2.45) is 0 Å². The molecule has 0 radical (unpaired) electrons. The van der Waals surface area contributed by atoms with Gasteiger partial charge in [-0.2, -0.15) is 0 Å². The second kappa shape index (κ2) is 7.31. The molecule has 0 amide bonds. The lowest BCUT2D eigenvalue weighted by Gasteiger charge is -2.29. The van der Waals surface area contributed by atoms with E-state index in [2.05, 4.69) is 15.4 Å². The van der Waals surface area contributed by atoms with Crippen LogP contribution in [0, 0.1) is 0 Å². The summed E-state index contributed by atoms with van der Waals surface area (Å²) in [6.45, 7) is 3.17. The van der Waals surface area contributed by atoms with Gasteiger partial charge in [-0.3, -0.25) is 0 Å². The summed E-state index contributed by atoms with van der Waals surface area (Å²) in [4.78, 5) is 4.30. The van der Waals surface area contributed by atoms with E-state index in [1.807, 2.05) is 37.3 Å². The van der Waals surface area contributed by atoms with Crippen molar-refractivity contribution in [1.29, 1.82) is 0 Å². The van der Waals surface area contributed by atoms with E-state index in [1.165, 1.54) is 0 Å². The molecule has 6 heteroatoms. The fraction of sp³-hybridized carbons (Fsp3) is 0.467. The van der Waals surface area contributed by atoms with Crippen molar-refractivity contribution in [3.63, 3.8) is 0 Å². The summed E-state index contributed by atoms with van der Waals surface area (Å²) >= 11 is 0. The zero-order chi connectivity index (χ0) is 15.1. The van der Waals surface area contributed by atoms with E-state index in [1.54, 1.807) is 18.1 Å². The Labute approximate surface area is 124 Å². The van der Waals surface area contributed by atoms with Gasteiger partial charge in [0, 0.05) is 19.3 Å². The van der Waals surface area contributed by atoms with E-state index in [9.17, 15) is 0 Å². The van der Waals surface area contributed by atoms with Gasteiger partial charge in [-0.25, -0.2) is 9.67 Å². The molecule has 0 fully saturated rings. The standard InChI is InChI=1S/C15H22N4O2/c1-15(8-9-20,11-21-2)17-10-14-16-12-19(18-14)13-6-4-3-5-7-13/h3-7,12,17,20H,8-11H2,1-2H3. The lowest BCUT2D eigenvalue weighted by Crippen LogP contribution is -2.46. The highest BCUT2D eigenvalue weighted by Crippen LogP contribution is 2.11. The molecule has 0 spiro atoms. The van der Waals surface area contributed by atoms with Crippen molar-refractivity contribution in [2.75, 3.05) is 20.3 Å². The summed E-state index contributed by atoms with van der Waals surface area (Å²) < 4.78 is 6.95. The molecule has 1 heterocycles. The molecular weight excluding hydrogens is 268 g/mol. The van der Waals surface area contributed by atoms with E-state index < -0.39 is 0 Å². The quantitative estimate of drug-likeness (QED) is 0.763. The number of aromatic nitrogens is 3. The van der Waals surface area contributed by atoms with E-state index in [0.717, 1.165) is 5.69 Å². The molecule has 0 aliphatic rings. The molecule has 0 aliphatic carbocycles. The van der Waals surface area contributed by atoms with Crippen LogP contribution in [0.1, 0.15) is 19.2 Å². The molecule has 1 aromatic carbocycles. The molecular formula is C15H22N4O2. The van der Waals surface area contributed by atoms with Gasteiger partial charge in [0.1, 0.15) is 6.33 Å². The van der Waals surface area contributed by atoms with Crippen LogP contribution in [-0.4, -0.2) is 45.7 Å². The number of aliphatic hydroxyl groups is 1. The molecule has 0 saturated carbocycles. The number of nitrogens with zero attached hydrogens (tertiary/aromatic N) is 3. The van der Waals surface area contributed by atoms with Gasteiger partial charge in [0.05, 0.1) is 18.8 Å². The molecule has 6 nitrogen and oxygen atoms in total. The predicted octanol–water partition coefficient (Wildman–Crippen LogP) is 1.14. The highest BCUT2D eigenvalue weighted by Gasteiger charge is 2.23.